The number of hydrogen-bond donors (Lipinski definition) is 1. The topological polar surface area (TPSA) is 73.2 Å². The number of esters is 1. The number of halogens is 1. The Balaban J connectivity index is 2.04. The Morgan fingerprint density at radius 3 is 2.39 bits per heavy atom. The van der Waals surface area contributed by atoms with Crippen molar-refractivity contribution >= 4 is 29.2 Å². The van der Waals surface area contributed by atoms with Gasteiger partial charge < -0.3 is 10.1 Å². The summed E-state index contributed by atoms with van der Waals surface area (Å²) in [5, 5.41) is 7.42. The van der Waals surface area contributed by atoms with Gasteiger partial charge in [0.15, 0.2) is 6.61 Å². The van der Waals surface area contributed by atoms with Gasteiger partial charge in [-0.25, -0.2) is 4.79 Å². The maximum absolute atomic E-state index is 12.4. The van der Waals surface area contributed by atoms with Crippen molar-refractivity contribution in [3.63, 3.8) is 0 Å². The van der Waals surface area contributed by atoms with Crippen molar-refractivity contribution < 1.29 is 14.3 Å². The van der Waals surface area contributed by atoms with Crippen molar-refractivity contribution in [1.29, 1.82) is 0 Å². The molecule has 0 aliphatic rings. The molecule has 7 heteroatoms. The molecule has 1 aromatic heterocycles. The van der Waals surface area contributed by atoms with E-state index in [2.05, 4.69) is 17.3 Å². The van der Waals surface area contributed by atoms with Gasteiger partial charge in [0.2, 0.25) is 0 Å². The molecule has 0 unspecified atom stereocenters. The molecule has 1 heterocycles. The molecular formula is C21H28ClN3O3. The molecule has 0 atom stereocenters. The monoisotopic (exact) mass is 405 g/mol. The van der Waals surface area contributed by atoms with E-state index in [0.717, 1.165) is 42.5 Å². The summed E-state index contributed by atoms with van der Waals surface area (Å²) in [4.78, 5) is 24.8. The molecule has 0 spiro atoms. The van der Waals surface area contributed by atoms with E-state index in [9.17, 15) is 9.59 Å². The van der Waals surface area contributed by atoms with Crippen molar-refractivity contribution in [2.45, 2.75) is 59.9 Å². The average Bonchev–Trinajstić information content (AvgIpc) is 2.97. The summed E-state index contributed by atoms with van der Waals surface area (Å²) >= 11 is 6.28. The van der Waals surface area contributed by atoms with Crippen LogP contribution in [0.3, 0.4) is 0 Å². The molecule has 0 radical (unpaired) electrons. The van der Waals surface area contributed by atoms with Gasteiger partial charge in [0, 0.05) is 12.2 Å². The van der Waals surface area contributed by atoms with Gasteiger partial charge in [-0.05, 0) is 37.3 Å². The van der Waals surface area contributed by atoms with Crippen molar-refractivity contribution in [3.8, 4) is 0 Å². The third-order valence-corrected chi connectivity index (χ3v) is 4.97. The van der Waals surface area contributed by atoms with Crippen molar-refractivity contribution in [2.24, 2.45) is 0 Å². The predicted octanol–water partition coefficient (Wildman–Crippen LogP) is 4.57. The van der Waals surface area contributed by atoms with Crippen LogP contribution in [0.4, 0.5) is 5.69 Å². The second-order valence-electron chi connectivity index (χ2n) is 6.61. The highest BCUT2D eigenvalue weighted by molar-refractivity contribution is 6.32. The first-order valence-corrected chi connectivity index (χ1v) is 10.1. The summed E-state index contributed by atoms with van der Waals surface area (Å²) in [6.07, 6.45) is 3.51. The van der Waals surface area contributed by atoms with E-state index in [0.29, 0.717) is 12.2 Å². The van der Waals surface area contributed by atoms with E-state index in [4.69, 9.17) is 16.3 Å². The van der Waals surface area contributed by atoms with Gasteiger partial charge in [0.25, 0.3) is 5.91 Å². The second kappa shape index (κ2) is 10.3. The molecule has 152 valence electrons. The predicted molar refractivity (Wildman–Crippen MR) is 111 cm³/mol. The third kappa shape index (κ3) is 5.13. The molecule has 1 N–H and O–H groups in total. The van der Waals surface area contributed by atoms with Crippen LogP contribution >= 0.6 is 11.6 Å². The van der Waals surface area contributed by atoms with Gasteiger partial charge in [0.05, 0.1) is 5.69 Å². The number of unbranched alkanes of at least 4 members (excludes halogenated alkanes) is 1. The van der Waals surface area contributed by atoms with Gasteiger partial charge in [-0.15, -0.1) is 0 Å². The molecule has 6 nitrogen and oxygen atoms in total. The quantitative estimate of drug-likeness (QED) is 0.620. The summed E-state index contributed by atoms with van der Waals surface area (Å²) < 4.78 is 6.80. The number of anilines is 1. The summed E-state index contributed by atoms with van der Waals surface area (Å²) in [7, 11) is 0. The number of nitrogens with one attached hydrogen (secondary N) is 1. The number of hydrogen-bond acceptors (Lipinski definition) is 4. The molecule has 1 amide bonds. The second-order valence-corrected chi connectivity index (χ2v) is 6.97. The van der Waals surface area contributed by atoms with Gasteiger partial charge in [-0.2, -0.15) is 5.10 Å². The molecule has 28 heavy (non-hydrogen) atoms. The zero-order valence-corrected chi connectivity index (χ0v) is 17.7. The van der Waals surface area contributed by atoms with E-state index >= 15 is 0 Å². The van der Waals surface area contributed by atoms with Crippen LogP contribution in [0.2, 0.25) is 5.15 Å². The van der Waals surface area contributed by atoms with Gasteiger partial charge in [0.1, 0.15) is 10.7 Å². The normalized spacial score (nSPS) is 10.8. The molecule has 1 aromatic carbocycles. The molecule has 0 saturated carbocycles. The van der Waals surface area contributed by atoms with Gasteiger partial charge in [-0.1, -0.05) is 57.0 Å². The Bertz CT molecular complexity index is 823. The van der Waals surface area contributed by atoms with Crippen LogP contribution in [0.15, 0.2) is 18.2 Å². The minimum atomic E-state index is -0.639. The lowest BCUT2D eigenvalue weighted by molar-refractivity contribution is -0.119. The summed E-state index contributed by atoms with van der Waals surface area (Å²) in [6, 6.07) is 5.94. The fourth-order valence-corrected chi connectivity index (χ4v) is 3.36. The number of amides is 1. The number of nitrogens with zero attached hydrogens (tertiary/aromatic N) is 2. The minimum absolute atomic E-state index is 0.216. The van der Waals surface area contributed by atoms with Crippen LogP contribution in [0.25, 0.3) is 0 Å². The number of aryl methyl sites for hydroxylation is 4. The molecule has 0 fully saturated rings. The highest BCUT2D eigenvalue weighted by Crippen LogP contribution is 2.23. The lowest BCUT2D eigenvalue weighted by atomic mass is 10.0. The number of benzene rings is 1. The zero-order valence-electron chi connectivity index (χ0n) is 17.0. The Labute approximate surface area is 171 Å². The average molecular weight is 406 g/mol. The highest BCUT2D eigenvalue weighted by Gasteiger charge is 2.22. The number of rotatable bonds is 9. The van der Waals surface area contributed by atoms with Crippen LogP contribution in [0.5, 0.6) is 0 Å². The van der Waals surface area contributed by atoms with E-state index in [1.807, 2.05) is 32.0 Å². The first kappa shape index (κ1) is 22.0. The van der Waals surface area contributed by atoms with Crippen LogP contribution in [0, 0.1) is 6.92 Å². The van der Waals surface area contributed by atoms with Crippen molar-refractivity contribution in [2.75, 3.05) is 11.9 Å². The van der Waals surface area contributed by atoms with Crippen molar-refractivity contribution in [1.82, 2.24) is 9.78 Å². The molecule has 2 aromatic rings. The maximum Gasteiger partial charge on any atom is 0.343 e. The van der Waals surface area contributed by atoms with Crippen LogP contribution in [0.1, 0.15) is 60.8 Å². The first-order valence-electron chi connectivity index (χ1n) is 9.73. The van der Waals surface area contributed by atoms with E-state index in [1.54, 1.807) is 11.6 Å². The highest BCUT2D eigenvalue weighted by atomic mass is 35.5. The standard InChI is InChI=1S/C21H28ClN3O3/c1-5-8-12-25-20(22)18(14(4)24-25)21(27)28-13-17(26)23-19-15(6-2)10-9-11-16(19)7-3/h9-11H,5-8,12-13H2,1-4H3,(H,23,26). The van der Waals surface area contributed by atoms with E-state index < -0.39 is 5.97 Å². The Morgan fingerprint density at radius 2 is 1.82 bits per heavy atom. The van der Waals surface area contributed by atoms with Crippen molar-refractivity contribution in [3.05, 3.63) is 45.7 Å². The number of carbonyl (C=O) groups is 2. The van der Waals surface area contributed by atoms with Gasteiger partial charge >= 0.3 is 5.97 Å². The maximum atomic E-state index is 12.4. The Kier molecular flexibility index (Phi) is 8.05. The SMILES string of the molecule is CCCCn1nc(C)c(C(=O)OCC(=O)Nc2c(CC)cccc2CC)c1Cl. The fraction of sp³-hybridized carbons (Fsp3) is 0.476. The molecule has 0 saturated heterocycles. The summed E-state index contributed by atoms with van der Waals surface area (Å²) in [5.41, 5.74) is 3.62. The largest absolute Gasteiger partial charge is 0.452 e. The molecule has 0 bridgehead atoms. The number of ether oxygens (including phenoxy) is 1. The molecular weight excluding hydrogens is 378 g/mol. The van der Waals surface area contributed by atoms with Gasteiger partial charge in [-0.3, -0.25) is 9.48 Å². The van der Waals surface area contributed by atoms with Crippen LogP contribution in [-0.4, -0.2) is 28.3 Å². The fourth-order valence-electron chi connectivity index (χ4n) is 3.02. The van der Waals surface area contributed by atoms with E-state index in [-0.39, 0.29) is 23.2 Å². The summed E-state index contributed by atoms with van der Waals surface area (Å²) in [6.45, 7) is 8.10. The Hall–Kier alpha value is -2.34. The molecule has 0 aliphatic heterocycles. The van der Waals surface area contributed by atoms with Crippen LogP contribution < -0.4 is 5.32 Å². The molecule has 0 aliphatic carbocycles. The number of aromatic nitrogens is 2. The Morgan fingerprint density at radius 1 is 1.18 bits per heavy atom. The smallest absolute Gasteiger partial charge is 0.343 e. The lowest BCUT2D eigenvalue weighted by Gasteiger charge is -2.14. The molecule has 2 rings (SSSR count). The summed E-state index contributed by atoms with van der Waals surface area (Å²) in [5.74, 6) is -1.02. The minimum Gasteiger partial charge on any atom is -0.452 e. The van der Waals surface area contributed by atoms with E-state index in [1.165, 1.54) is 0 Å². The van der Waals surface area contributed by atoms with Crippen LogP contribution in [-0.2, 0) is 28.9 Å². The number of carbonyl (C=O) groups excluding carboxylic acids is 2. The number of para-hydroxylation sites is 1. The first-order chi connectivity index (χ1) is 13.4. The lowest BCUT2D eigenvalue weighted by Crippen LogP contribution is -2.22. The third-order valence-electron chi connectivity index (χ3n) is 4.59. The zero-order chi connectivity index (χ0) is 20.7.